The van der Waals surface area contributed by atoms with Gasteiger partial charge in [-0.25, -0.2) is 0 Å². The number of ether oxygens (including phenoxy) is 1. The van der Waals surface area contributed by atoms with Crippen molar-refractivity contribution in [2.24, 2.45) is 0 Å². The smallest absolute Gasteiger partial charge is 0.200 e. The minimum Gasteiger partial charge on any atom is -0.504 e. The van der Waals surface area contributed by atoms with Crippen LogP contribution in [0.2, 0.25) is 0 Å². The van der Waals surface area contributed by atoms with Crippen LogP contribution >= 0.6 is 0 Å². The summed E-state index contributed by atoms with van der Waals surface area (Å²) in [6.45, 7) is 0. The molecule has 0 spiro atoms. The summed E-state index contributed by atoms with van der Waals surface area (Å²) < 4.78 is 5.02. The van der Waals surface area contributed by atoms with Crippen molar-refractivity contribution in [1.82, 2.24) is 4.98 Å². The summed E-state index contributed by atoms with van der Waals surface area (Å²) in [7, 11) is 1.40. The lowest BCUT2D eigenvalue weighted by molar-refractivity contribution is 0.351. The third-order valence-electron chi connectivity index (χ3n) is 3.64. The first kappa shape index (κ1) is 15.5. The summed E-state index contributed by atoms with van der Waals surface area (Å²) >= 11 is 0. The average molecular weight is 325 g/mol. The quantitative estimate of drug-likeness (QED) is 0.551. The number of benzene rings is 2. The van der Waals surface area contributed by atoms with E-state index in [0.29, 0.717) is 16.8 Å². The van der Waals surface area contributed by atoms with Crippen LogP contribution in [0.5, 0.6) is 28.7 Å². The molecule has 122 valence electrons. The summed E-state index contributed by atoms with van der Waals surface area (Å²) in [4.78, 5) is 4.33. The van der Waals surface area contributed by atoms with Crippen LogP contribution in [-0.4, -0.2) is 32.5 Å². The molecule has 0 atom stereocenters. The van der Waals surface area contributed by atoms with Gasteiger partial charge in [-0.15, -0.1) is 0 Å². The van der Waals surface area contributed by atoms with Crippen molar-refractivity contribution in [3.8, 4) is 51.1 Å². The Labute approximate surface area is 137 Å². The Kier molecular flexibility index (Phi) is 3.87. The average Bonchev–Trinajstić information content (AvgIpc) is 2.60. The highest BCUT2D eigenvalue weighted by molar-refractivity contribution is 5.72. The van der Waals surface area contributed by atoms with E-state index in [4.69, 9.17) is 4.74 Å². The molecular weight excluding hydrogens is 310 g/mol. The molecule has 3 rings (SSSR count). The van der Waals surface area contributed by atoms with Gasteiger partial charge in [-0.3, -0.25) is 4.98 Å². The fourth-order valence-electron chi connectivity index (χ4n) is 2.33. The molecule has 0 amide bonds. The number of aromatic nitrogens is 1. The molecule has 0 saturated carbocycles. The molecule has 2 aromatic carbocycles. The Morgan fingerprint density at radius 2 is 1.46 bits per heavy atom. The van der Waals surface area contributed by atoms with Gasteiger partial charge in [-0.05, 0) is 42.0 Å². The summed E-state index contributed by atoms with van der Waals surface area (Å²) in [6, 6.07) is 11.0. The minimum absolute atomic E-state index is 0.164. The zero-order valence-corrected chi connectivity index (χ0v) is 12.8. The van der Waals surface area contributed by atoms with E-state index in [1.54, 1.807) is 30.5 Å². The molecule has 0 aliphatic carbocycles. The first-order valence-corrected chi connectivity index (χ1v) is 7.08. The number of phenolic OH excluding ortho intramolecular Hbond substituents is 4. The molecule has 1 heterocycles. The first-order chi connectivity index (χ1) is 11.5. The van der Waals surface area contributed by atoms with E-state index in [1.807, 2.05) is 0 Å². The van der Waals surface area contributed by atoms with Crippen LogP contribution in [0.15, 0.2) is 48.7 Å². The predicted octanol–water partition coefficient (Wildman–Crippen LogP) is 3.25. The van der Waals surface area contributed by atoms with E-state index in [2.05, 4.69) is 4.98 Å². The maximum absolute atomic E-state index is 9.76. The van der Waals surface area contributed by atoms with Gasteiger partial charge in [0, 0.05) is 17.3 Å². The summed E-state index contributed by atoms with van der Waals surface area (Å²) in [5.74, 6) is -0.839. The van der Waals surface area contributed by atoms with Gasteiger partial charge in [0.15, 0.2) is 23.0 Å². The summed E-state index contributed by atoms with van der Waals surface area (Å²) in [6.07, 6.45) is 1.60. The molecular formula is C18H15NO5. The van der Waals surface area contributed by atoms with Crippen LogP contribution in [0.4, 0.5) is 0 Å². The molecule has 0 aliphatic heterocycles. The van der Waals surface area contributed by atoms with Crippen LogP contribution in [-0.2, 0) is 0 Å². The third kappa shape index (κ3) is 2.77. The Morgan fingerprint density at radius 3 is 2.08 bits per heavy atom. The molecule has 24 heavy (non-hydrogen) atoms. The number of phenols is 4. The lowest BCUT2D eigenvalue weighted by Crippen LogP contribution is -1.88. The zero-order chi connectivity index (χ0) is 17.3. The lowest BCUT2D eigenvalue weighted by atomic mass is 10.0. The Morgan fingerprint density at radius 1 is 0.750 bits per heavy atom. The normalized spacial score (nSPS) is 10.5. The van der Waals surface area contributed by atoms with E-state index < -0.39 is 0 Å². The molecule has 0 unspecified atom stereocenters. The van der Waals surface area contributed by atoms with Crippen LogP contribution in [0.25, 0.3) is 22.4 Å². The second kappa shape index (κ2) is 6.00. The number of methoxy groups -OCH3 is 1. The highest BCUT2D eigenvalue weighted by Gasteiger charge is 2.11. The Bertz CT molecular complexity index is 891. The van der Waals surface area contributed by atoms with E-state index >= 15 is 0 Å². The van der Waals surface area contributed by atoms with Crippen molar-refractivity contribution in [1.29, 1.82) is 0 Å². The molecule has 0 aliphatic rings. The number of hydrogen-bond donors (Lipinski definition) is 4. The Balaban J connectivity index is 1.97. The van der Waals surface area contributed by atoms with Gasteiger partial charge in [-0.2, -0.15) is 0 Å². The molecule has 0 bridgehead atoms. The van der Waals surface area contributed by atoms with Gasteiger partial charge in [0.2, 0.25) is 5.75 Å². The third-order valence-corrected chi connectivity index (χ3v) is 3.64. The van der Waals surface area contributed by atoms with Crippen molar-refractivity contribution < 1.29 is 25.2 Å². The standard InChI is InChI=1S/C18H15NO5/c1-24-17-8-12(7-16(22)18(17)23)11-2-4-13(19-9-11)10-3-5-14(20)15(21)6-10/h2-9,20-23H,1H3. The predicted molar refractivity (Wildman–Crippen MR) is 88.3 cm³/mol. The van der Waals surface area contributed by atoms with Gasteiger partial charge < -0.3 is 25.2 Å². The molecule has 1 aromatic heterocycles. The molecule has 6 nitrogen and oxygen atoms in total. The fraction of sp³-hybridized carbons (Fsp3) is 0.0556. The highest BCUT2D eigenvalue weighted by atomic mass is 16.5. The number of pyridine rings is 1. The monoisotopic (exact) mass is 325 g/mol. The second-order valence-corrected chi connectivity index (χ2v) is 5.18. The van der Waals surface area contributed by atoms with Crippen molar-refractivity contribution in [2.45, 2.75) is 0 Å². The second-order valence-electron chi connectivity index (χ2n) is 5.18. The van der Waals surface area contributed by atoms with E-state index in [0.717, 1.165) is 5.56 Å². The molecule has 4 N–H and O–H groups in total. The maximum Gasteiger partial charge on any atom is 0.200 e. The van der Waals surface area contributed by atoms with E-state index in [1.165, 1.54) is 25.3 Å². The number of hydrogen-bond acceptors (Lipinski definition) is 6. The molecule has 6 heteroatoms. The maximum atomic E-state index is 9.76. The minimum atomic E-state index is -0.314. The van der Waals surface area contributed by atoms with Crippen molar-refractivity contribution in [2.75, 3.05) is 7.11 Å². The molecule has 3 aromatic rings. The summed E-state index contributed by atoms with van der Waals surface area (Å²) in [5.41, 5.74) is 2.62. The van der Waals surface area contributed by atoms with E-state index in [-0.39, 0.29) is 28.7 Å². The van der Waals surface area contributed by atoms with Gasteiger partial charge in [0.05, 0.1) is 12.8 Å². The number of nitrogens with zero attached hydrogens (tertiary/aromatic N) is 1. The van der Waals surface area contributed by atoms with Gasteiger partial charge in [0.1, 0.15) is 0 Å². The zero-order valence-electron chi connectivity index (χ0n) is 12.8. The van der Waals surface area contributed by atoms with Crippen molar-refractivity contribution in [3.63, 3.8) is 0 Å². The lowest BCUT2D eigenvalue weighted by Gasteiger charge is -2.09. The number of aromatic hydroxyl groups is 4. The molecule has 0 fully saturated rings. The van der Waals surface area contributed by atoms with Crippen LogP contribution in [0, 0.1) is 0 Å². The molecule has 0 radical (unpaired) electrons. The van der Waals surface area contributed by atoms with Gasteiger partial charge in [0.25, 0.3) is 0 Å². The van der Waals surface area contributed by atoms with Crippen LogP contribution in [0.3, 0.4) is 0 Å². The summed E-state index contributed by atoms with van der Waals surface area (Å²) in [5, 5.41) is 38.4. The first-order valence-electron chi connectivity index (χ1n) is 7.08. The largest absolute Gasteiger partial charge is 0.504 e. The number of rotatable bonds is 3. The van der Waals surface area contributed by atoms with Crippen molar-refractivity contribution >= 4 is 0 Å². The van der Waals surface area contributed by atoms with E-state index in [9.17, 15) is 20.4 Å². The van der Waals surface area contributed by atoms with Gasteiger partial charge >= 0.3 is 0 Å². The SMILES string of the molecule is COc1cc(-c2ccc(-c3ccc(O)c(O)c3)nc2)cc(O)c1O. The Hall–Kier alpha value is -3.41. The fourth-order valence-corrected chi connectivity index (χ4v) is 2.33. The topological polar surface area (TPSA) is 103 Å². The molecule has 0 saturated heterocycles. The van der Waals surface area contributed by atoms with Gasteiger partial charge in [-0.1, -0.05) is 6.07 Å². The van der Waals surface area contributed by atoms with Crippen LogP contribution in [0.1, 0.15) is 0 Å². The van der Waals surface area contributed by atoms with Crippen molar-refractivity contribution in [3.05, 3.63) is 48.7 Å². The van der Waals surface area contributed by atoms with Crippen LogP contribution < -0.4 is 4.74 Å². The highest BCUT2D eigenvalue weighted by Crippen LogP contribution is 2.39.